The first-order valence-electron chi connectivity index (χ1n) is 8.51. The van der Waals surface area contributed by atoms with Crippen LogP contribution in [-0.2, 0) is 4.79 Å². The van der Waals surface area contributed by atoms with Gasteiger partial charge in [-0.25, -0.2) is 8.78 Å². The summed E-state index contributed by atoms with van der Waals surface area (Å²) in [6.45, 7) is 0.625. The van der Waals surface area contributed by atoms with E-state index in [4.69, 9.17) is 0 Å². The van der Waals surface area contributed by atoms with E-state index in [1.165, 1.54) is 17.1 Å². The third-order valence-electron chi connectivity index (χ3n) is 4.87. The van der Waals surface area contributed by atoms with E-state index in [1.807, 2.05) is 11.9 Å². The van der Waals surface area contributed by atoms with Gasteiger partial charge < -0.3 is 10.2 Å². The first-order valence-corrected chi connectivity index (χ1v) is 8.51. The van der Waals surface area contributed by atoms with Crippen molar-refractivity contribution in [3.8, 4) is 0 Å². The lowest BCUT2D eigenvalue weighted by molar-refractivity contribution is -0.264. The molecule has 2 aliphatic rings. The smallest absolute Gasteiger partial charge is 0.332 e. The first-order chi connectivity index (χ1) is 12.0. The van der Waals surface area contributed by atoms with Gasteiger partial charge in [-0.05, 0) is 19.9 Å². The molecule has 26 heavy (non-hydrogen) atoms. The zero-order chi connectivity index (χ0) is 19.6. The fourth-order valence-corrected chi connectivity index (χ4v) is 3.09. The molecule has 1 fully saturated rings. The average molecular weight is 381 g/mol. The van der Waals surface area contributed by atoms with Gasteiger partial charge in [0.2, 0.25) is 5.54 Å². The summed E-state index contributed by atoms with van der Waals surface area (Å²) in [6, 6.07) is 0. The van der Waals surface area contributed by atoms with Gasteiger partial charge in [0.1, 0.15) is 0 Å². The lowest BCUT2D eigenvalue weighted by Gasteiger charge is -2.45. The molecule has 0 aromatic carbocycles. The van der Waals surface area contributed by atoms with E-state index in [9.17, 15) is 26.7 Å². The number of allylic oxidation sites excluding steroid dienone is 2. The maximum atomic E-state index is 14.3. The summed E-state index contributed by atoms with van der Waals surface area (Å²) in [7, 11) is 1.81. The number of carbonyl (C=O) groups excluding carboxylic acids is 1. The largest absolute Gasteiger partial charge is 0.418 e. The van der Waals surface area contributed by atoms with Gasteiger partial charge in [-0.3, -0.25) is 9.69 Å². The van der Waals surface area contributed by atoms with E-state index >= 15 is 0 Å². The molecule has 9 heteroatoms. The van der Waals surface area contributed by atoms with Gasteiger partial charge in [0.05, 0.1) is 0 Å². The summed E-state index contributed by atoms with van der Waals surface area (Å²) in [6.07, 6.45) is 0.285. The molecule has 1 aliphatic carbocycles. The number of amides is 1. The van der Waals surface area contributed by atoms with Crippen LogP contribution in [-0.4, -0.2) is 73.1 Å². The highest BCUT2D eigenvalue weighted by atomic mass is 19.4. The monoisotopic (exact) mass is 381 g/mol. The number of rotatable bonds is 5. The Hall–Kier alpha value is -1.48. The van der Waals surface area contributed by atoms with Gasteiger partial charge in [0.15, 0.2) is 0 Å². The molecule has 0 radical (unpaired) electrons. The standard InChI is InChI=1S/C17H24F5N3O/c1-15(18,19)16(17(20,21)22,12-25-10-8-24(2)9-11-25)23-14(26)13-6-4-3-5-7-13/h4,6-7H,3,5,8-12H2,1-2H3,(H,23,26). The molecule has 0 saturated carbocycles. The summed E-state index contributed by atoms with van der Waals surface area (Å²) in [5, 5.41) is 1.65. The van der Waals surface area contributed by atoms with Crippen molar-refractivity contribution in [2.45, 2.75) is 37.4 Å². The summed E-state index contributed by atoms with van der Waals surface area (Å²) in [5.74, 6) is -5.32. The maximum Gasteiger partial charge on any atom is 0.418 e. The van der Waals surface area contributed by atoms with Crippen LogP contribution in [0.1, 0.15) is 19.8 Å². The lowest BCUT2D eigenvalue weighted by atomic mass is 9.89. The number of halogens is 5. The molecule has 1 amide bonds. The van der Waals surface area contributed by atoms with Crippen molar-refractivity contribution in [1.29, 1.82) is 0 Å². The predicted molar refractivity (Wildman–Crippen MR) is 87.9 cm³/mol. The fraction of sp³-hybridized carbons (Fsp3) is 0.706. The number of nitrogens with zero attached hydrogens (tertiary/aromatic N) is 2. The van der Waals surface area contributed by atoms with Crippen LogP contribution in [0.15, 0.2) is 23.8 Å². The number of hydrogen-bond donors (Lipinski definition) is 1. The van der Waals surface area contributed by atoms with E-state index in [-0.39, 0.29) is 25.6 Å². The molecule has 0 aromatic rings. The van der Waals surface area contributed by atoms with Crippen molar-refractivity contribution in [2.24, 2.45) is 0 Å². The van der Waals surface area contributed by atoms with Gasteiger partial charge in [0, 0.05) is 45.2 Å². The Bertz CT molecular complexity index is 558. The van der Waals surface area contributed by atoms with Crippen molar-refractivity contribution in [3.05, 3.63) is 23.8 Å². The molecular formula is C17H24F5N3O. The number of likely N-dealkylation sites (N-methyl/N-ethyl adjacent to an activating group) is 1. The zero-order valence-electron chi connectivity index (χ0n) is 14.9. The van der Waals surface area contributed by atoms with Gasteiger partial charge in [-0.1, -0.05) is 18.2 Å². The van der Waals surface area contributed by atoms with E-state index in [0.29, 0.717) is 25.9 Å². The highest BCUT2D eigenvalue weighted by Gasteiger charge is 2.68. The summed E-state index contributed by atoms with van der Waals surface area (Å²) < 4.78 is 70.2. The Morgan fingerprint density at radius 2 is 1.73 bits per heavy atom. The van der Waals surface area contributed by atoms with Crippen LogP contribution in [0.5, 0.6) is 0 Å². The second-order valence-electron chi connectivity index (χ2n) is 6.96. The van der Waals surface area contributed by atoms with Crippen molar-refractivity contribution in [1.82, 2.24) is 15.1 Å². The van der Waals surface area contributed by atoms with E-state index in [2.05, 4.69) is 0 Å². The lowest BCUT2D eigenvalue weighted by Crippen LogP contribution is -2.73. The van der Waals surface area contributed by atoms with Crippen LogP contribution in [0.2, 0.25) is 0 Å². The van der Waals surface area contributed by atoms with Gasteiger partial charge in [-0.2, -0.15) is 13.2 Å². The Morgan fingerprint density at radius 1 is 1.12 bits per heavy atom. The number of carbonyl (C=O) groups is 1. The second kappa shape index (κ2) is 7.64. The minimum absolute atomic E-state index is 0.0208. The predicted octanol–water partition coefficient (Wildman–Crippen LogP) is 2.58. The number of alkyl halides is 5. The van der Waals surface area contributed by atoms with Crippen LogP contribution in [0.4, 0.5) is 22.0 Å². The minimum atomic E-state index is -5.32. The van der Waals surface area contributed by atoms with Crippen LogP contribution in [0.25, 0.3) is 0 Å². The van der Waals surface area contributed by atoms with Gasteiger partial charge in [-0.15, -0.1) is 0 Å². The minimum Gasteiger partial charge on any atom is -0.332 e. The number of piperazine rings is 1. The highest BCUT2D eigenvalue weighted by Crippen LogP contribution is 2.43. The Balaban J connectivity index is 2.32. The Labute approximate surface area is 149 Å². The fourth-order valence-electron chi connectivity index (χ4n) is 3.09. The second-order valence-corrected chi connectivity index (χ2v) is 6.96. The van der Waals surface area contributed by atoms with Crippen LogP contribution in [0, 0.1) is 0 Å². The van der Waals surface area contributed by atoms with Crippen LogP contribution in [0.3, 0.4) is 0 Å². The van der Waals surface area contributed by atoms with E-state index < -0.39 is 30.1 Å². The summed E-state index contributed by atoms with van der Waals surface area (Å²) in [5.41, 5.74) is -3.67. The molecule has 1 atom stereocenters. The van der Waals surface area contributed by atoms with Gasteiger partial charge >= 0.3 is 6.18 Å². The van der Waals surface area contributed by atoms with Crippen LogP contribution < -0.4 is 5.32 Å². The SMILES string of the molecule is CN1CCN(CC(NC(=O)C2=CCCC=C2)(C(C)(F)F)C(F)(F)F)CC1. The molecule has 0 spiro atoms. The molecule has 2 rings (SSSR count). The van der Waals surface area contributed by atoms with Crippen molar-refractivity contribution in [2.75, 3.05) is 39.8 Å². The molecule has 1 aliphatic heterocycles. The molecule has 1 heterocycles. The molecule has 0 aromatic heterocycles. The third kappa shape index (κ3) is 4.43. The average Bonchev–Trinajstić information content (AvgIpc) is 2.54. The maximum absolute atomic E-state index is 14.3. The molecule has 4 nitrogen and oxygen atoms in total. The zero-order valence-corrected chi connectivity index (χ0v) is 14.9. The summed E-state index contributed by atoms with van der Waals surface area (Å²) in [4.78, 5) is 15.5. The normalized spacial score (nSPS) is 22.7. The first kappa shape index (κ1) is 20.8. The quantitative estimate of drug-likeness (QED) is 0.744. The number of nitrogens with one attached hydrogen (secondary N) is 1. The van der Waals surface area contributed by atoms with Crippen LogP contribution >= 0.6 is 0 Å². The molecule has 1 N–H and O–H groups in total. The molecule has 1 saturated heterocycles. The number of hydrogen-bond acceptors (Lipinski definition) is 3. The Kier molecular flexibility index (Phi) is 6.12. The van der Waals surface area contributed by atoms with Crippen molar-refractivity contribution >= 4 is 5.91 Å². The third-order valence-corrected chi connectivity index (χ3v) is 4.87. The van der Waals surface area contributed by atoms with Gasteiger partial charge in [0.25, 0.3) is 11.8 Å². The molecule has 148 valence electrons. The van der Waals surface area contributed by atoms with E-state index in [0.717, 1.165) is 0 Å². The molecular weight excluding hydrogens is 357 g/mol. The molecule has 0 bridgehead atoms. The topological polar surface area (TPSA) is 35.6 Å². The van der Waals surface area contributed by atoms with Crippen molar-refractivity contribution < 1.29 is 26.7 Å². The van der Waals surface area contributed by atoms with E-state index in [1.54, 1.807) is 11.4 Å². The molecule has 1 unspecified atom stereocenters. The Morgan fingerprint density at radius 3 is 2.19 bits per heavy atom. The summed E-state index contributed by atoms with van der Waals surface area (Å²) >= 11 is 0. The highest BCUT2D eigenvalue weighted by molar-refractivity contribution is 5.97. The van der Waals surface area contributed by atoms with Crippen molar-refractivity contribution in [3.63, 3.8) is 0 Å².